The largest absolute Gasteiger partial charge is 0.463 e. The Morgan fingerprint density at radius 1 is 1.27 bits per heavy atom. The molecule has 0 saturated carbocycles. The molecule has 0 fully saturated rings. The molecule has 0 aromatic heterocycles. The van der Waals surface area contributed by atoms with Gasteiger partial charge in [0.25, 0.3) is 0 Å². The second-order valence-electron chi connectivity index (χ2n) is 3.35. The van der Waals surface area contributed by atoms with Crippen LogP contribution in [0.1, 0.15) is 46.0 Å². The lowest BCUT2D eigenvalue weighted by atomic mass is 10.2. The molecule has 87 valence electrons. The topological polar surface area (TPSA) is 52.6 Å². The van der Waals surface area contributed by atoms with Gasteiger partial charge >= 0.3 is 12.4 Å². The van der Waals surface area contributed by atoms with Crippen LogP contribution < -0.4 is 0 Å². The lowest BCUT2D eigenvalue weighted by Gasteiger charge is -2.12. The van der Waals surface area contributed by atoms with E-state index in [1.54, 1.807) is 0 Å². The number of ether oxygens (including phenoxy) is 2. The average Bonchev–Trinajstić information content (AvgIpc) is 2.24. The lowest BCUT2D eigenvalue weighted by Crippen LogP contribution is -2.26. The van der Waals surface area contributed by atoms with Crippen LogP contribution in [0.25, 0.3) is 0 Å². The molecule has 0 aromatic rings. The quantitative estimate of drug-likeness (QED) is 0.436. The SMILES string of the molecule is CCCCCOC(=O)C(CCC)O[C]=O. The highest BCUT2D eigenvalue weighted by Gasteiger charge is 2.20. The summed E-state index contributed by atoms with van der Waals surface area (Å²) in [7, 11) is 0. The lowest BCUT2D eigenvalue weighted by molar-refractivity contribution is -0.153. The molecule has 4 heteroatoms. The first-order valence-electron chi connectivity index (χ1n) is 5.45. The van der Waals surface area contributed by atoms with Gasteiger partial charge in [0.15, 0.2) is 6.10 Å². The highest BCUT2D eigenvalue weighted by molar-refractivity contribution is 5.75. The molecule has 0 spiro atoms. The summed E-state index contributed by atoms with van der Waals surface area (Å²) in [6.07, 6.45) is 3.43. The predicted octanol–water partition coefficient (Wildman–Crippen LogP) is 1.97. The third kappa shape index (κ3) is 6.94. The molecule has 0 aromatic carbocycles. The molecule has 1 radical (unpaired) electrons. The van der Waals surface area contributed by atoms with Crippen LogP contribution in [-0.2, 0) is 19.1 Å². The standard InChI is InChI=1S/C11H19O4/c1-3-5-6-8-14-11(13)10(7-4-2)15-9-12/h10H,3-8H2,1-2H3. The van der Waals surface area contributed by atoms with E-state index >= 15 is 0 Å². The summed E-state index contributed by atoms with van der Waals surface area (Å²) in [4.78, 5) is 21.4. The molecular formula is C11H19O4. The number of hydrogen-bond donors (Lipinski definition) is 0. The van der Waals surface area contributed by atoms with Crippen LogP contribution in [0.15, 0.2) is 0 Å². The first kappa shape index (κ1) is 13.9. The Balaban J connectivity index is 3.75. The molecule has 0 heterocycles. The van der Waals surface area contributed by atoms with Crippen LogP contribution in [0.2, 0.25) is 0 Å². The van der Waals surface area contributed by atoms with E-state index in [0.717, 1.165) is 25.7 Å². The first-order valence-corrected chi connectivity index (χ1v) is 5.45. The summed E-state index contributed by atoms with van der Waals surface area (Å²) in [6, 6.07) is 0. The normalized spacial score (nSPS) is 11.9. The fraction of sp³-hybridized carbons (Fsp3) is 0.818. The van der Waals surface area contributed by atoms with E-state index in [4.69, 9.17) is 4.74 Å². The van der Waals surface area contributed by atoms with Crippen LogP contribution in [0.4, 0.5) is 0 Å². The minimum Gasteiger partial charge on any atom is -0.463 e. The molecule has 0 aliphatic heterocycles. The van der Waals surface area contributed by atoms with Crippen LogP contribution in [-0.4, -0.2) is 25.2 Å². The zero-order valence-electron chi connectivity index (χ0n) is 9.45. The Morgan fingerprint density at radius 3 is 2.53 bits per heavy atom. The van der Waals surface area contributed by atoms with Crippen molar-refractivity contribution in [2.75, 3.05) is 6.61 Å². The average molecular weight is 215 g/mol. The van der Waals surface area contributed by atoms with Crippen molar-refractivity contribution in [3.8, 4) is 0 Å². The van der Waals surface area contributed by atoms with Gasteiger partial charge in [-0.25, -0.2) is 9.59 Å². The van der Waals surface area contributed by atoms with Gasteiger partial charge in [-0.1, -0.05) is 33.1 Å². The van der Waals surface area contributed by atoms with Gasteiger partial charge in [0.2, 0.25) is 0 Å². The molecule has 0 N–H and O–H groups in total. The third-order valence-electron chi connectivity index (χ3n) is 2.00. The summed E-state index contributed by atoms with van der Waals surface area (Å²) in [5, 5.41) is 0. The highest BCUT2D eigenvalue weighted by Crippen LogP contribution is 2.04. The van der Waals surface area contributed by atoms with Crippen LogP contribution in [0.3, 0.4) is 0 Å². The predicted molar refractivity (Wildman–Crippen MR) is 56.0 cm³/mol. The van der Waals surface area contributed by atoms with Gasteiger partial charge in [-0.3, -0.25) is 0 Å². The second-order valence-corrected chi connectivity index (χ2v) is 3.35. The maximum Gasteiger partial charge on any atom is 0.418 e. The van der Waals surface area contributed by atoms with Crippen molar-refractivity contribution in [2.45, 2.75) is 52.1 Å². The molecule has 15 heavy (non-hydrogen) atoms. The Kier molecular flexibility index (Phi) is 8.82. The summed E-state index contributed by atoms with van der Waals surface area (Å²) in [6.45, 7) is 5.67. The van der Waals surface area contributed by atoms with Crippen molar-refractivity contribution in [3.63, 3.8) is 0 Å². The van der Waals surface area contributed by atoms with Gasteiger partial charge in [-0.15, -0.1) is 0 Å². The summed E-state index contributed by atoms with van der Waals surface area (Å²) in [5.41, 5.74) is 0. The summed E-state index contributed by atoms with van der Waals surface area (Å²) < 4.78 is 9.49. The maximum absolute atomic E-state index is 11.4. The molecule has 1 unspecified atom stereocenters. The van der Waals surface area contributed by atoms with Crippen LogP contribution in [0, 0.1) is 0 Å². The zero-order valence-corrected chi connectivity index (χ0v) is 9.45. The fourth-order valence-corrected chi connectivity index (χ4v) is 1.16. The van der Waals surface area contributed by atoms with Gasteiger partial charge in [0.1, 0.15) is 0 Å². The maximum atomic E-state index is 11.4. The highest BCUT2D eigenvalue weighted by atomic mass is 16.6. The van der Waals surface area contributed by atoms with E-state index in [9.17, 15) is 9.59 Å². The van der Waals surface area contributed by atoms with Crippen LogP contribution >= 0.6 is 0 Å². The van der Waals surface area contributed by atoms with E-state index in [2.05, 4.69) is 11.7 Å². The van der Waals surface area contributed by atoms with Gasteiger partial charge < -0.3 is 9.47 Å². The van der Waals surface area contributed by atoms with Gasteiger partial charge in [0.05, 0.1) is 6.61 Å². The van der Waals surface area contributed by atoms with E-state index in [-0.39, 0.29) is 0 Å². The summed E-state index contributed by atoms with van der Waals surface area (Å²) in [5.74, 6) is -0.462. The number of carbonyl (C=O) groups is 1. The van der Waals surface area contributed by atoms with E-state index in [1.165, 1.54) is 6.47 Å². The molecule has 0 bridgehead atoms. The Hall–Kier alpha value is -1.06. The molecule has 0 aliphatic rings. The Labute approximate surface area is 90.9 Å². The molecule has 1 atom stereocenters. The van der Waals surface area contributed by atoms with Crippen molar-refractivity contribution in [1.82, 2.24) is 0 Å². The molecule has 4 nitrogen and oxygen atoms in total. The van der Waals surface area contributed by atoms with Gasteiger partial charge in [-0.05, 0) is 12.8 Å². The monoisotopic (exact) mass is 215 g/mol. The Bertz CT molecular complexity index is 179. The van der Waals surface area contributed by atoms with Crippen molar-refractivity contribution in [3.05, 3.63) is 0 Å². The van der Waals surface area contributed by atoms with E-state index in [0.29, 0.717) is 13.0 Å². The number of carbonyl (C=O) groups excluding carboxylic acids is 2. The smallest absolute Gasteiger partial charge is 0.418 e. The van der Waals surface area contributed by atoms with Crippen molar-refractivity contribution < 1.29 is 19.1 Å². The number of rotatable bonds is 9. The molecule has 0 saturated heterocycles. The molecule has 0 rings (SSSR count). The van der Waals surface area contributed by atoms with Crippen molar-refractivity contribution in [1.29, 1.82) is 0 Å². The van der Waals surface area contributed by atoms with E-state index in [1.807, 2.05) is 6.92 Å². The minimum absolute atomic E-state index is 0.398. The fourth-order valence-electron chi connectivity index (χ4n) is 1.16. The molecule has 0 aliphatic carbocycles. The molecule has 0 amide bonds. The van der Waals surface area contributed by atoms with Crippen LogP contribution in [0.5, 0.6) is 0 Å². The third-order valence-corrected chi connectivity index (χ3v) is 2.00. The van der Waals surface area contributed by atoms with Crippen molar-refractivity contribution in [2.24, 2.45) is 0 Å². The minimum atomic E-state index is -0.783. The Morgan fingerprint density at radius 2 is 2.00 bits per heavy atom. The first-order chi connectivity index (χ1) is 7.26. The number of hydrogen-bond acceptors (Lipinski definition) is 4. The zero-order chi connectivity index (χ0) is 11.5. The molecular weight excluding hydrogens is 196 g/mol. The summed E-state index contributed by atoms with van der Waals surface area (Å²) >= 11 is 0. The number of esters is 1. The van der Waals surface area contributed by atoms with Gasteiger partial charge in [0, 0.05) is 0 Å². The second kappa shape index (κ2) is 9.49. The van der Waals surface area contributed by atoms with E-state index < -0.39 is 12.1 Å². The number of unbranched alkanes of at least 4 members (excludes halogenated alkanes) is 2. The van der Waals surface area contributed by atoms with Crippen molar-refractivity contribution >= 4 is 12.4 Å². The van der Waals surface area contributed by atoms with Gasteiger partial charge in [-0.2, -0.15) is 0 Å².